The summed E-state index contributed by atoms with van der Waals surface area (Å²) in [6, 6.07) is 9.55. The number of nitrogens with one attached hydrogen (secondary N) is 1. The van der Waals surface area contributed by atoms with Crippen molar-refractivity contribution >= 4 is 10.0 Å². The van der Waals surface area contributed by atoms with E-state index in [2.05, 4.69) is 4.72 Å². The minimum atomic E-state index is -3.28. The lowest BCUT2D eigenvalue weighted by molar-refractivity contribution is 0.580. The molecular formula is C15H20N2O2S. The van der Waals surface area contributed by atoms with Gasteiger partial charge in [0.05, 0.1) is 5.75 Å². The lowest BCUT2D eigenvalue weighted by atomic mass is 10.1. The second-order valence-corrected chi connectivity index (χ2v) is 6.82. The van der Waals surface area contributed by atoms with E-state index < -0.39 is 10.0 Å². The number of benzene rings is 1. The van der Waals surface area contributed by atoms with Crippen molar-refractivity contribution < 1.29 is 8.42 Å². The molecular weight excluding hydrogens is 272 g/mol. The molecule has 2 aromatic rings. The molecule has 5 heteroatoms. The van der Waals surface area contributed by atoms with Gasteiger partial charge in [0.2, 0.25) is 10.0 Å². The maximum Gasteiger partial charge on any atom is 0.215 e. The standard InChI is InChI=1S/C15H20N2O2S/c1-13-5-3-4-6-15(13)12-20(18,19)16-9-7-14-8-10-17(2)11-14/h3-6,8,10-11,16H,7,9,12H2,1-2H3. The number of hydrogen-bond acceptors (Lipinski definition) is 2. The van der Waals surface area contributed by atoms with Crippen molar-refractivity contribution in [3.63, 3.8) is 0 Å². The molecule has 0 atom stereocenters. The van der Waals surface area contributed by atoms with E-state index in [4.69, 9.17) is 0 Å². The Balaban J connectivity index is 1.90. The molecule has 0 aliphatic heterocycles. The molecule has 0 amide bonds. The van der Waals surface area contributed by atoms with Gasteiger partial charge in [0.25, 0.3) is 0 Å². The lowest BCUT2D eigenvalue weighted by Gasteiger charge is -2.08. The zero-order chi connectivity index (χ0) is 14.6. The molecule has 0 aliphatic carbocycles. The number of hydrogen-bond donors (Lipinski definition) is 1. The van der Waals surface area contributed by atoms with Gasteiger partial charge in [-0.05, 0) is 36.1 Å². The average Bonchev–Trinajstić information content (AvgIpc) is 2.77. The Bertz CT molecular complexity index is 675. The Kier molecular flexibility index (Phi) is 4.62. The van der Waals surface area contributed by atoms with Crippen molar-refractivity contribution in [2.45, 2.75) is 19.1 Å². The average molecular weight is 292 g/mol. The Labute approximate surface area is 120 Å². The van der Waals surface area contributed by atoms with E-state index >= 15 is 0 Å². The van der Waals surface area contributed by atoms with Gasteiger partial charge in [-0.2, -0.15) is 0 Å². The summed E-state index contributed by atoms with van der Waals surface area (Å²) in [5.74, 6) is 0.0362. The highest BCUT2D eigenvalue weighted by Crippen LogP contribution is 2.10. The van der Waals surface area contributed by atoms with Crippen LogP contribution in [0.2, 0.25) is 0 Å². The van der Waals surface area contributed by atoms with Crippen molar-refractivity contribution in [1.29, 1.82) is 0 Å². The smallest absolute Gasteiger partial charge is 0.215 e. The summed E-state index contributed by atoms with van der Waals surface area (Å²) in [6.07, 6.45) is 4.65. The molecule has 1 heterocycles. The third-order valence-electron chi connectivity index (χ3n) is 3.24. The highest BCUT2D eigenvalue weighted by molar-refractivity contribution is 7.88. The van der Waals surface area contributed by atoms with Crippen LogP contribution in [0, 0.1) is 6.92 Å². The van der Waals surface area contributed by atoms with Crippen LogP contribution in [0.15, 0.2) is 42.7 Å². The Hall–Kier alpha value is -1.59. The number of sulfonamides is 1. The van der Waals surface area contributed by atoms with E-state index in [1.54, 1.807) is 0 Å². The van der Waals surface area contributed by atoms with E-state index in [1.165, 1.54) is 0 Å². The quantitative estimate of drug-likeness (QED) is 0.885. The zero-order valence-electron chi connectivity index (χ0n) is 11.8. The fraction of sp³-hybridized carbons (Fsp3) is 0.333. The van der Waals surface area contributed by atoms with Crippen LogP contribution in [0.5, 0.6) is 0 Å². The maximum absolute atomic E-state index is 12.0. The molecule has 108 valence electrons. The number of aryl methyl sites for hydroxylation is 2. The van der Waals surface area contributed by atoms with E-state index in [-0.39, 0.29) is 5.75 Å². The fourth-order valence-corrected chi connectivity index (χ4v) is 3.34. The van der Waals surface area contributed by atoms with Crippen molar-refractivity contribution in [2.75, 3.05) is 6.54 Å². The summed E-state index contributed by atoms with van der Waals surface area (Å²) < 4.78 is 28.7. The molecule has 0 radical (unpaired) electrons. The molecule has 20 heavy (non-hydrogen) atoms. The number of rotatable bonds is 6. The Morgan fingerprint density at radius 1 is 1.20 bits per heavy atom. The largest absolute Gasteiger partial charge is 0.357 e. The first-order chi connectivity index (χ1) is 9.46. The van der Waals surface area contributed by atoms with Crippen LogP contribution in [0.3, 0.4) is 0 Å². The summed E-state index contributed by atoms with van der Waals surface area (Å²) in [7, 11) is -1.33. The topological polar surface area (TPSA) is 51.1 Å². The summed E-state index contributed by atoms with van der Waals surface area (Å²) in [5.41, 5.74) is 2.98. The monoisotopic (exact) mass is 292 g/mol. The Morgan fingerprint density at radius 2 is 1.95 bits per heavy atom. The normalized spacial score (nSPS) is 11.7. The fourth-order valence-electron chi connectivity index (χ4n) is 2.09. The minimum Gasteiger partial charge on any atom is -0.357 e. The molecule has 0 aliphatic rings. The lowest BCUT2D eigenvalue weighted by Crippen LogP contribution is -2.27. The first-order valence-electron chi connectivity index (χ1n) is 6.59. The molecule has 0 bridgehead atoms. The zero-order valence-corrected chi connectivity index (χ0v) is 12.7. The van der Waals surface area contributed by atoms with E-state index in [9.17, 15) is 8.42 Å². The predicted octanol–water partition coefficient (Wildman–Crippen LogP) is 2.00. The van der Waals surface area contributed by atoms with Crippen molar-refractivity contribution in [2.24, 2.45) is 7.05 Å². The van der Waals surface area contributed by atoms with Crippen LogP contribution in [0.4, 0.5) is 0 Å². The molecule has 0 spiro atoms. The molecule has 0 unspecified atom stereocenters. The van der Waals surface area contributed by atoms with Gasteiger partial charge in [0, 0.05) is 26.0 Å². The van der Waals surface area contributed by atoms with Gasteiger partial charge in [-0.25, -0.2) is 13.1 Å². The van der Waals surface area contributed by atoms with Gasteiger partial charge in [-0.3, -0.25) is 0 Å². The van der Waals surface area contributed by atoms with Gasteiger partial charge in [-0.15, -0.1) is 0 Å². The van der Waals surface area contributed by atoms with Gasteiger partial charge in [-0.1, -0.05) is 24.3 Å². The van der Waals surface area contributed by atoms with Crippen LogP contribution in [0.25, 0.3) is 0 Å². The number of aromatic nitrogens is 1. The van der Waals surface area contributed by atoms with Crippen LogP contribution < -0.4 is 4.72 Å². The van der Waals surface area contributed by atoms with Crippen LogP contribution >= 0.6 is 0 Å². The SMILES string of the molecule is Cc1ccccc1CS(=O)(=O)NCCc1ccn(C)c1. The second kappa shape index (κ2) is 6.24. The highest BCUT2D eigenvalue weighted by atomic mass is 32.2. The first-order valence-corrected chi connectivity index (χ1v) is 8.24. The van der Waals surface area contributed by atoms with Gasteiger partial charge in [0.1, 0.15) is 0 Å². The summed E-state index contributed by atoms with van der Waals surface area (Å²) in [5, 5.41) is 0. The molecule has 1 N–H and O–H groups in total. The third kappa shape index (κ3) is 4.21. The highest BCUT2D eigenvalue weighted by Gasteiger charge is 2.12. The molecule has 2 rings (SSSR count). The first kappa shape index (κ1) is 14.8. The molecule has 1 aromatic heterocycles. The third-order valence-corrected chi connectivity index (χ3v) is 4.57. The molecule has 0 saturated heterocycles. The minimum absolute atomic E-state index is 0.0362. The maximum atomic E-state index is 12.0. The van der Waals surface area contributed by atoms with Gasteiger partial charge < -0.3 is 4.57 Å². The van der Waals surface area contributed by atoms with Crippen molar-refractivity contribution in [1.82, 2.24) is 9.29 Å². The van der Waals surface area contributed by atoms with Crippen molar-refractivity contribution in [3.05, 3.63) is 59.4 Å². The second-order valence-electron chi connectivity index (χ2n) is 5.02. The Morgan fingerprint density at radius 3 is 2.60 bits per heavy atom. The van der Waals surface area contributed by atoms with Crippen LogP contribution in [0.1, 0.15) is 16.7 Å². The van der Waals surface area contributed by atoms with E-state index in [0.717, 1.165) is 16.7 Å². The summed E-state index contributed by atoms with van der Waals surface area (Å²) in [4.78, 5) is 0. The summed E-state index contributed by atoms with van der Waals surface area (Å²) in [6.45, 7) is 2.35. The number of nitrogens with zero attached hydrogens (tertiary/aromatic N) is 1. The van der Waals surface area contributed by atoms with Crippen molar-refractivity contribution in [3.8, 4) is 0 Å². The predicted molar refractivity (Wildman–Crippen MR) is 80.9 cm³/mol. The van der Waals surface area contributed by atoms with Crippen LogP contribution in [-0.2, 0) is 29.2 Å². The van der Waals surface area contributed by atoms with E-state index in [1.807, 2.05) is 61.3 Å². The van der Waals surface area contributed by atoms with Gasteiger partial charge in [0.15, 0.2) is 0 Å². The summed E-state index contributed by atoms with van der Waals surface area (Å²) >= 11 is 0. The molecule has 4 nitrogen and oxygen atoms in total. The van der Waals surface area contributed by atoms with Crippen LogP contribution in [-0.4, -0.2) is 19.5 Å². The van der Waals surface area contributed by atoms with Gasteiger partial charge >= 0.3 is 0 Å². The molecule has 0 saturated carbocycles. The van der Waals surface area contributed by atoms with E-state index in [0.29, 0.717) is 13.0 Å². The molecule has 0 fully saturated rings. The molecule has 1 aromatic carbocycles.